The van der Waals surface area contributed by atoms with E-state index in [0.29, 0.717) is 0 Å². The molecule has 0 fully saturated rings. The first kappa shape index (κ1) is 5.21. The molecular weight excluding hydrogens is 111 g/mol. The van der Waals surface area contributed by atoms with Gasteiger partial charge in [0, 0.05) is 6.21 Å². The molecule has 4 heteroatoms. The quantitative estimate of drug-likeness (QED) is 0.454. The lowest BCUT2D eigenvalue weighted by Gasteiger charge is -2.06. The second-order valence-electron chi connectivity index (χ2n) is 1.43. The van der Waals surface area contributed by atoms with Crippen molar-refractivity contribution in [3.8, 4) is 0 Å². The highest BCUT2D eigenvalue weighted by Crippen LogP contribution is 1.90. The maximum Gasteiger partial charge on any atom is 0.261 e. The third-order valence-electron chi connectivity index (χ3n) is 0.831. The number of carbonyl (C=O) groups excluding carboxylic acids is 1. The van der Waals surface area contributed by atoms with E-state index in [4.69, 9.17) is 0 Å². The summed E-state index contributed by atoms with van der Waals surface area (Å²) in [7, 11) is 0. The summed E-state index contributed by atoms with van der Waals surface area (Å²) in [6, 6.07) is 0. The lowest BCUT2D eigenvalue weighted by Crippen LogP contribution is -2.36. The van der Waals surface area contributed by atoms with Crippen LogP contribution in [0.25, 0.3) is 0 Å². The average molecular weight is 116 g/mol. The summed E-state index contributed by atoms with van der Waals surface area (Å²) in [5, 5.41) is 2.22. The Bertz CT molecular complexity index is 134. The summed E-state index contributed by atoms with van der Waals surface area (Å²) in [6.45, 7) is 0.208. The van der Waals surface area contributed by atoms with Crippen molar-refractivity contribution in [2.24, 2.45) is 4.99 Å². The Labute approximate surface area is 45.6 Å². The minimum atomic E-state index is -1.54. The van der Waals surface area contributed by atoms with Gasteiger partial charge < -0.3 is 5.32 Å². The van der Waals surface area contributed by atoms with Crippen molar-refractivity contribution < 1.29 is 9.18 Å². The molecule has 0 saturated carbocycles. The van der Waals surface area contributed by atoms with Crippen molar-refractivity contribution >= 4 is 12.1 Å². The molecule has 1 unspecified atom stereocenters. The van der Waals surface area contributed by atoms with Crippen LogP contribution in [0.4, 0.5) is 4.39 Å². The standard InChI is InChI=1S/C4H5FN2O/c5-3-1-6-2-7-4(3)8/h1,3H,2H2,(H,7,8). The van der Waals surface area contributed by atoms with Crippen LogP contribution in [0.1, 0.15) is 0 Å². The monoisotopic (exact) mass is 116 g/mol. The average Bonchev–Trinajstić information content (AvgIpc) is 1.77. The van der Waals surface area contributed by atoms with Crippen molar-refractivity contribution in [2.75, 3.05) is 6.67 Å². The van der Waals surface area contributed by atoms with Gasteiger partial charge in [-0.2, -0.15) is 0 Å². The molecule has 8 heavy (non-hydrogen) atoms. The fourth-order valence-corrected chi connectivity index (χ4v) is 0.434. The topological polar surface area (TPSA) is 41.5 Å². The highest BCUT2D eigenvalue weighted by molar-refractivity contribution is 5.97. The molecule has 0 aromatic heterocycles. The molecule has 1 amide bonds. The molecule has 1 aliphatic heterocycles. The van der Waals surface area contributed by atoms with E-state index in [1.165, 1.54) is 0 Å². The Morgan fingerprint density at radius 1 is 2.00 bits per heavy atom. The zero-order chi connectivity index (χ0) is 5.98. The van der Waals surface area contributed by atoms with Crippen molar-refractivity contribution in [1.29, 1.82) is 0 Å². The summed E-state index contributed by atoms with van der Waals surface area (Å²) in [4.78, 5) is 13.7. The highest BCUT2D eigenvalue weighted by Gasteiger charge is 2.15. The van der Waals surface area contributed by atoms with Crippen LogP contribution >= 0.6 is 0 Å². The number of nitrogens with zero attached hydrogens (tertiary/aromatic N) is 1. The second kappa shape index (κ2) is 1.90. The number of hydrogen-bond donors (Lipinski definition) is 1. The van der Waals surface area contributed by atoms with Crippen molar-refractivity contribution in [3.05, 3.63) is 0 Å². The molecule has 1 rings (SSSR count). The van der Waals surface area contributed by atoms with E-state index in [1.807, 2.05) is 0 Å². The number of halogens is 1. The normalized spacial score (nSPS) is 27.6. The van der Waals surface area contributed by atoms with Gasteiger partial charge in [-0.15, -0.1) is 0 Å². The molecule has 0 bridgehead atoms. The van der Waals surface area contributed by atoms with Gasteiger partial charge in [0.1, 0.15) is 6.67 Å². The van der Waals surface area contributed by atoms with E-state index in [2.05, 4.69) is 10.3 Å². The Balaban J connectivity index is 2.60. The van der Waals surface area contributed by atoms with Gasteiger partial charge in [-0.25, -0.2) is 4.39 Å². The molecule has 0 aliphatic carbocycles. The van der Waals surface area contributed by atoms with Crippen LogP contribution in [0, 0.1) is 0 Å². The molecule has 0 aromatic carbocycles. The molecule has 1 atom stereocenters. The smallest absolute Gasteiger partial charge is 0.261 e. The van der Waals surface area contributed by atoms with E-state index in [1.54, 1.807) is 0 Å². The predicted octanol–water partition coefficient (Wildman–Crippen LogP) is -0.517. The van der Waals surface area contributed by atoms with Crippen LogP contribution in [-0.4, -0.2) is 25.0 Å². The number of amides is 1. The van der Waals surface area contributed by atoms with Crippen LogP contribution in [-0.2, 0) is 4.79 Å². The largest absolute Gasteiger partial charge is 0.334 e. The van der Waals surface area contributed by atoms with Crippen LogP contribution in [0.2, 0.25) is 0 Å². The van der Waals surface area contributed by atoms with Crippen LogP contribution < -0.4 is 5.32 Å². The second-order valence-corrected chi connectivity index (χ2v) is 1.43. The van der Waals surface area contributed by atoms with E-state index >= 15 is 0 Å². The van der Waals surface area contributed by atoms with E-state index < -0.39 is 12.1 Å². The number of aliphatic imine (C=N–C) groups is 1. The van der Waals surface area contributed by atoms with Gasteiger partial charge in [0.15, 0.2) is 0 Å². The molecular formula is C4H5FN2O. The highest BCUT2D eigenvalue weighted by atomic mass is 19.1. The summed E-state index contributed by atoms with van der Waals surface area (Å²) in [6.07, 6.45) is -0.539. The third-order valence-corrected chi connectivity index (χ3v) is 0.831. The SMILES string of the molecule is O=C1NCN=CC1F. The molecule has 0 radical (unpaired) electrons. The van der Waals surface area contributed by atoms with Gasteiger partial charge in [-0.1, -0.05) is 0 Å². The zero-order valence-electron chi connectivity index (χ0n) is 4.10. The number of carbonyl (C=O) groups is 1. The van der Waals surface area contributed by atoms with Crippen LogP contribution in [0.15, 0.2) is 4.99 Å². The zero-order valence-corrected chi connectivity index (χ0v) is 4.10. The number of alkyl halides is 1. The summed E-state index contributed by atoms with van der Waals surface area (Å²) >= 11 is 0. The Morgan fingerprint density at radius 3 is 3.12 bits per heavy atom. The first-order valence-corrected chi connectivity index (χ1v) is 2.22. The molecule has 0 aromatic rings. The van der Waals surface area contributed by atoms with Crippen molar-refractivity contribution in [1.82, 2.24) is 5.32 Å². The number of nitrogens with one attached hydrogen (secondary N) is 1. The molecule has 44 valence electrons. The summed E-state index contributed by atoms with van der Waals surface area (Å²) in [5.41, 5.74) is 0. The number of rotatable bonds is 0. The van der Waals surface area contributed by atoms with Gasteiger partial charge in [0.25, 0.3) is 5.91 Å². The van der Waals surface area contributed by atoms with Gasteiger partial charge in [0.05, 0.1) is 0 Å². The first-order chi connectivity index (χ1) is 3.80. The van der Waals surface area contributed by atoms with E-state index in [-0.39, 0.29) is 6.67 Å². The first-order valence-electron chi connectivity index (χ1n) is 2.22. The summed E-state index contributed by atoms with van der Waals surface area (Å²) in [5.74, 6) is -0.597. The van der Waals surface area contributed by atoms with Crippen molar-refractivity contribution in [3.63, 3.8) is 0 Å². The van der Waals surface area contributed by atoms with Gasteiger partial charge in [-0.05, 0) is 0 Å². The van der Waals surface area contributed by atoms with E-state index in [9.17, 15) is 9.18 Å². The molecule has 1 N–H and O–H groups in total. The minimum Gasteiger partial charge on any atom is -0.334 e. The van der Waals surface area contributed by atoms with Crippen LogP contribution in [0.5, 0.6) is 0 Å². The molecule has 0 spiro atoms. The Hall–Kier alpha value is -0.930. The lowest BCUT2D eigenvalue weighted by molar-refractivity contribution is -0.123. The van der Waals surface area contributed by atoms with Crippen LogP contribution in [0.3, 0.4) is 0 Å². The molecule has 0 saturated heterocycles. The maximum absolute atomic E-state index is 12.0. The fourth-order valence-electron chi connectivity index (χ4n) is 0.434. The molecule has 1 heterocycles. The predicted molar refractivity (Wildman–Crippen MR) is 26.4 cm³/mol. The molecule has 3 nitrogen and oxygen atoms in total. The van der Waals surface area contributed by atoms with Crippen molar-refractivity contribution in [2.45, 2.75) is 6.17 Å². The lowest BCUT2D eigenvalue weighted by atomic mass is 10.4. The molecule has 1 aliphatic rings. The van der Waals surface area contributed by atoms with Gasteiger partial charge >= 0.3 is 0 Å². The third kappa shape index (κ3) is 0.828. The van der Waals surface area contributed by atoms with E-state index in [0.717, 1.165) is 6.21 Å². The van der Waals surface area contributed by atoms with Gasteiger partial charge in [-0.3, -0.25) is 9.79 Å². The summed E-state index contributed by atoms with van der Waals surface area (Å²) < 4.78 is 12.0. The minimum absolute atomic E-state index is 0.208. The van der Waals surface area contributed by atoms with Gasteiger partial charge in [0.2, 0.25) is 6.17 Å². The maximum atomic E-state index is 12.0. The fraction of sp³-hybridized carbons (Fsp3) is 0.500. The number of hydrogen-bond acceptors (Lipinski definition) is 2. The Kier molecular flexibility index (Phi) is 1.24. The Morgan fingerprint density at radius 2 is 2.75 bits per heavy atom.